The Hall–Kier alpha value is -2.36. The van der Waals surface area contributed by atoms with E-state index in [0.717, 1.165) is 3.57 Å². The molecule has 0 aliphatic carbocycles. The molecule has 0 fully saturated rings. The monoisotopic (exact) mass is 428 g/mol. The van der Waals surface area contributed by atoms with Gasteiger partial charge in [-0.25, -0.2) is 0 Å². The molecule has 7 nitrogen and oxygen atoms in total. The molecule has 0 bridgehead atoms. The summed E-state index contributed by atoms with van der Waals surface area (Å²) in [6.07, 6.45) is 1.35. The minimum Gasteiger partial charge on any atom is -0.459 e. The average molecular weight is 428 g/mol. The number of anilines is 1. The maximum atomic E-state index is 11.7. The molecule has 2 rings (SSSR count). The molecule has 8 heteroatoms. The Morgan fingerprint density at radius 3 is 2.61 bits per heavy atom. The highest BCUT2D eigenvalue weighted by Gasteiger charge is 2.12. The molecule has 1 aromatic carbocycles. The second-order valence-electron chi connectivity index (χ2n) is 4.35. The van der Waals surface area contributed by atoms with E-state index in [1.54, 1.807) is 18.2 Å². The second-order valence-corrected chi connectivity index (χ2v) is 5.51. The van der Waals surface area contributed by atoms with Crippen LogP contribution >= 0.6 is 22.6 Å². The van der Waals surface area contributed by atoms with Crippen LogP contribution in [0.25, 0.3) is 0 Å². The summed E-state index contributed by atoms with van der Waals surface area (Å²) in [6, 6.07) is 10.2. The predicted molar refractivity (Wildman–Crippen MR) is 89.8 cm³/mol. The molecule has 0 atom stereocenters. The fraction of sp³-hybridized carbons (Fsp3) is 0.133. The van der Waals surface area contributed by atoms with Gasteiger partial charge < -0.3 is 19.8 Å². The van der Waals surface area contributed by atoms with Crippen LogP contribution in [0.5, 0.6) is 0 Å². The van der Waals surface area contributed by atoms with Gasteiger partial charge in [0.25, 0.3) is 11.8 Å². The number of ether oxygens (including phenoxy) is 1. The molecule has 2 N–H and O–H groups in total. The molecule has 0 aliphatic heterocycles. The normalized spacial score (nSPS) is 9.96. The molecule has 0 spiro atoms. The van der Waals surface area contributed by atoms with E-state index >= 15 is 0 Å². The van der Waals surface area contributed by atoms with Crippen LogP contribution < -0.4 is 10.6 Å². The van der Waals surface area contributed by atoms with Gasteiger partial charge in [-0.15, -0.1) is 0 Å². The highest BCUT2D eigenvalue weighted by atomic mass is 127. The van der Waals surface area contributed by atoms with Crippen LogP contribution in [-0.2, 0) is 14.3 Å². The van der Waals surface area contributed by atoms with Gasteiger partial charge in [0, 0.05) is 3.57 Å². The first kappa shape index (κ1) is 17.0. The second kappa shape index (κ2) is 8.32. The van der Waals surface area contributed by atoms with E-state index in [1.165, 1.54) is 12.3 Å². The Balaban J connectivity index is 1.71. The largest absolute Gasteiger partial charge is 0.459 e. The summed E-state index contributed by atoms with van der Waals surface area (Å²) in [5.74, 6) is -1.62. The topological polar surface area (TPSA) is 97.6 Å². The molecule has 0 saturated heterocycles. The standard InChI is InChI=1S/C15H13IN2O5/c16-10-4-1-2-5-11(10)18-13(19)9-23-14(20)8-17-15(21)12-6-3-7-22-12/h1-7H,8-9H2,(H,17,21)(H,18,19). The molecule has 0 unspecified atom stereocenters. The van der Waals surface area contributed by atoms with E-state index in [4.69, 9.17) is 9.15 Å². The summed E-state index contributed by atoms with van der Waals surface area (Å²) in [5, 5.41) is 4.95. The first-order valence-corrected chi connectivity index (χ1v) is 7.66. The van der Waals surface area contributed by atoms with E-state index in [1.807, 2.05) is 12.1 Å². The van der Waals surface area contributed by atoms with E-state index in [2.05, 4.69) is 33.2 Å². The predicted octanol–water partition coefficient (Wildman–Crippen LogP) is 1.80. The molecule has 0 aliphatic rings. The quantitative estimate of drug-likeness (QED) is 0.540. The smallest absolute Gasteiger partial charge is 0.325 e. The average Bonchev–Trinajstić information content (AvgIpc) is 3.07. The highest BCUT2D eigenvalue weighted by molar-refractivity contribution is 14.1. The summed E-state index contributed by atoms with van der Waals surface area (Å²) in [5.41, 5.74) is 0.639. The van der Waals surface area contributed by atoms with Gasteiger partial charge >= 0.3 is 5.97 Å². The summed E-state index contributed by atoms with van der Waals surface area (Å²) in [4.78, 5) is 34.7. The summed E-state index contributed by atoms with van der Waals surface area (Å²) >= 11 is 2.08. The van der Waals surface area contributed by atoms with Crippen LogP contribution in [-0.4, -0.2) is 30.9 Å². The van der Waals surface area contributed by atoms with E-state index in [0.29, 0.717) is 5.69 Å². The third kappa shape index (κ3) is 5.40. The van der Waals surface area contributed by atoms with E-state index in [9.17, 15) is 14.4 Å². The zero-order valence-electron chi connectivity index (χ0n) is 11.9. The van der Waals surface area contributed by atoms with Gasteiger partial charge in [0.15, 0.2) is 12.4 Å². The Morgan fingerprint density at radius 2 is 1.91 bits per heavy atom. The number of esters is 1. The fourth-order valence-electron chi connectivity index (χ4n) is 1.59. The molecular formula is C15H13IN2O5. The van der Waals surface area contributed by atoms with Crippen LogP contribution in [0.4, 0.5) is 5.69 Å². The van der Waals surface area contributed by atoms with Crippen LogP contribution in [0.1, 0.15) is 10.6 Å². The molecular weight excluding hydrogens is 415 g/mol. The Kier molecular flexibility index (Phi) is 6.15. The molecule has 2 amide bonds. The first-order chi connectivity index (χ1) is 11.1. The van der Waals surface area contributed by atoms with Gasteiger partial charge in [-0.3, -0.25) is 14.4 Å². The van der Waals surface area contributed by atoms with Crippen LogP contribution in [0.3, 0.4) is 0 Å². The molecule has 1 aromatic heterocycles. The van der Waals surface area contributed by atoms with Crippen molar-refractivity contribution in [1.29, 1.82) is 0 Å². The van der Waals surface area contributed by atoms with Crippen molar-refractivity contribution in [2.75, 3.05) is 18.5 Å². The number of furan rings is 1. The number of hydrogen-bond donors (Lipinski definition) is 2. The lowest BCUT2D eigenvalue weighted by molar-refractivity contribution is -0.146. The number of hydrogen-bond acceptors (Lipinski definition) is 5. The number of benzene rings is 1. The van der Waals surface area contributed by atoms with Gasteiger partial charge in [0.05, 0.1) is 12.0 Å². The number of rotatable bonds is 6. The van der Waals surface area contributed by atoms with Gasteiger partial charge in [-0.05, 0) is 46.9 Å². The van der Waals surface area contributed by atoms with E-state index < -0.39 is 24.4 Å². The molecule has 23 heavy (non-hydrogen) atoms. The number of nitrogens with one attached hydrogen (secondary N) is 2. The van der Waals surface area contributed by atoms with Crippen LogP contribution in [0.15, 0.2) is 47.1 Å². The minimum absolute atomic E-state index is 0.0918. The van der Waals surface area contributed by atoms with Crippen LogP contribution in [0.2, 0.25) is 0 Å². The van der Waals surface area contributed by atoms with Gasteiger partial charge in [0.1, 0.15) is 6.54 Å². The van der Waals surface area contributed by atoms with Crippen molar-refractivity contribution in [3.63, 3.8) is 0 Å². The Bertz CT molecular complexity index is 700. The van der Waals surface area contributed by atoms with Crippen molar-refractivity contribution >= 4 is 46.1 Å². The third-order valence-corrected chi connectivity index (χ3v) is 3.59. The van der Waals surface area contributed by atoms with Crippen molar-refractivity contribution in [2.24, 2.45) is 0 Å². The zero-order valence-corrected chi connectivity index (χ0v) is 14.0. The Labute approximate surface area is 145 Å². The summed E-state index contributed by atoms with van der Waals surface area (Å²) < 4.78 is 10.5. The lowest BCUT2D eigenvalue weighted by Gasteiger charge is -2.08. The maximum Gasteiger partial charge on any atom is 0.325 e. The first-order valence-electron chi connectivity index (χ1n) is 6.58. The number of carbonyl (C=O) groups is 3. The zero-order chi connectivity index (χ0) is 16.7. The lowest BCUT2D eigenvalue weighted by atomic mass is 10.3. The lowest BCUT2D eigenvalue weighted by Crippen LogP contribution is -2.32. The maximum absolute atomic E-state index is 11.7. The van der Waals surface area contributed by atoms with Gasteiger partial charge in [0.2, 0.25) is 0 Å². The van der Waals surface area contributed by atoms with Crippen molar-refractivity contribution in [1.82, 2.24) is 5.32 Å². The molecule has 1 heterocycles. The summed E-state index contributed by atoms with van der Waals surface area (Å²) in [6.45, 7) is -0.782. The molecule has 2 aromatic rings. The molecule has 120 valence electrons. The number of carbonyl (C=O) groups excluding carboxylic acids is 3. The van der Waals surface area contributed by atoms with Crippen molar-refractivity contribution in [2.45, 2.75) is 0 Å². The van der Waals surface area contributed by atoms with Crippen molar-refractivity contribution < 1.29 is 23.5 Å². The minimum atomic E-state index is -0.720. The fourth-order valence-corrected chi connectivity index (χ4v) is 2.12. The number of halogens is 1. The summed E-state index contributed by atoms with van der Waals surface area (Å²) in [7, 11) is 0. The SMILES string of the molecule is O=C(COC(=O)CNC(=O)c1ccco1)Nc1ccccc1I. The van der Waals surface area contributed by atoms with E-state index in [-0.39, 0.29) is 12.3 Å². The van der Waals surface area contributed by atoms with Crippen molar-refractivity contribution in [3.05, 3.63) is 52.0 Å². The molecule has 0 saturated carbocycles. The van der Waals surface area contributed by atoms with Gasteiger partial charge in [-0.2, -0.15) is 0 Å². The highest BCUT2D eigenvalue weighted by Crippen LogP contribution is 2.16. The third-order valence-electron chi connectivity index (χ3n) is 2.65. The Morgan fingerprint density at radius 1 is 1.13 bits per heavy atom. The van der Waals surface area contributed by atoms with Crippen molar-refractivity contribution in [3.8, 4) is 0 Å². The van der Waals surface area contributed by atoms with Gasteiger partial charge in [-0.1, -0.05) is 12.1 Å². The van der Waals surface area contributed by atoms with Crippen LogP contribution in [0, 0.1) is 3.57 Å². The number of para-hydroxylation sites is 1. The molecule has 0 radical (unpaired) electrons. The number of amides is 2.